The normalized spacial score (nSPS) is 18.3. The first-order valence-corrected chi connectivity index (χ1v) is 7.10. The Labute approximate surface area is 124 Å². The minimum absolute atomic E-state index is 0.125. The summed E-state index contributed by atoms with van der Waals surface area (Å²) in [6.45, 7) is 3.20. The first kappa shape index (κ1) is 15.3. The Bertz CT molecular complexity index is 501. The Balaban J connectivity index is 1.94. The van der Waals surface area contributed by atoms with Gasteiger partial charge in [-0.3, -0.25) is 4.79 Å². The molecule has 1 heterocycles. The number of carbonyl (C=O) groups excluding carboxylic acids is 2. The Hall–Kier alpha value is -2.08. The van der Waals surface area contributed by atoms with E-state index in [1.54, 1.807) is 0 Å². The molecule has 2 rings (SSSR count). The third kappa shape index (κ3) is 3.95. The lowest BCUT2D eigenvalue weighted by atomic mass is 10.1. The highest BCUT2D eigenvalue weighted by Gasteiger charge is 2.32. The van der Waals surface area contributed by atoms with E-state index >= 15 is 0 Å². The lowest BCUT2D eigenvalue weighted by Crippen LogP contribution is -2.59. The molecular formula is C15H21N3O3. The summed E-state index contributed by atoms with van der Waals surface area (Å²) in [7, 11) is 0. The van der Waals surface area contributed by atoms with Crippen LogP contribution in [0.1, 0.15) is 17.5 Å². The first-order valence-electron chi connectivity index (χ1n) is 7.10. The second kappa shape index (κ2) is 7.08. The fraction of sp³-hybridized carbons (Fsp3) is 0.467. The Kier molecular flexibility index (Phi) is 5.16. The predicted octanol–water partition coefficient (Wildman–Crippen LogP) is 0.387. The van der Waals surface area contributed by atoms with E-state index in [-0.39, 0.29) is 25.0 Å². The Morgan fingerprint density at radius 1 is 1.43 bits per heavy atom. The number of aliphatic hydroxyl groups excluding tert-OH is 1. The van der Waals surface area contributed by atoms with E-state index in [1.165, 1.54) is 10.5 Å². The van der Waals surface area contributed by atoms with Crippen LogP contribution in [0.15, 0.2) is 24.3 Å². The molecule has 1 aliphatic rings. The fourth-order valence-electron chi connectivity index (χ4n) is 2.35. The monoisotopic (exact) mass is 291 g/mol. The number of aryl methyl sites for hydroxylation is 1. The molecule has 0 aromatic heterocycles. The van der Waals surface area contributed by atoms with Gasteiger partial charge in [-0.15, -0.1) is 0 Å². The van der Waals surface area contributed by atoms with Gasteiger partial charge in [0, 0.05) is 26.2 Å². The number of hydrogen-bond donors (Lipinski definition) is 3. The number of amides is 3. The molecule has 1 saturated heterocycles. The maximum Gasteiger partial charge on any atom is 0.318 e. The largest absolute Gasteiger partial charge is 0.396 e. The number of aliphatic hydroxyl groups is 1. The minimum Gasteiger partial charge on any atom is -0.396 e. The van der Waals surface area contributed by atoms with E-state index in [2.05, 4.69) is 10.6 Å². The summed E-state index contributed by atoms with van der Waals surface area (Å²) >= 11 is 0. The van der Waals surface area contributed by atoms with Crippen molar-refractivity contribution in [2.75, 3.05) is 19.7 Å². The number of piperazine rings is 1. The lowest BCUT2D eigenvalue weighted by Gasteiger charge is -2.34. The molecule has 6 nitrogen and oxygen atoms in total. The van der Waals surface area contributed by atoms with Gasteiger partial charge in [0.2, 0.25) is 5.91 Å². The molecule has 1 aliphatic heterocycles. The Morgan fingerprint density at radius 2 is 2.14 bits per heavy atom. The second-order valence-electron chi connectivity index (χ2n) is 5.16. The van der Waals surface area contributed by atoms with Crippen molar-refractivity contribution < 1.29 is 14.7 Å². The van der Waals surface area contributed by atoms with E-state index in [4.69, 9.17) is 5.11 Å². The highest BCUT2D eigenvalue weighted by atomic mass is 16.3. The third-order valence-corrected chi connectivity index (χ3v) is 3.56. The number of carbonyl (C=O) groups is 2. The van der Waals surface area contributed by atoms with Crippen molar-refractivity contribution >= 4 is 11.9 Å². The number of nitrogens with one attached hydrogen (secondary N) is 2. The SMILES string of the molecule is Cc1ccc(CNC(=O)N2CCNC(=O)[C@@H]2CCO)cc1. The van der Waals surface area contributed by atoms with Crippen molar-refractivity contribution in [3.8, 4) is 0 Å². The predicted molar refractivity (Wildman–Crippen MR) is 78.6 cm³/mol. The molecule has 21 heavy (non-hydrogen) atoms. The van der Waals surface area contributed by atoms with Crippen molar-refractivity contribution in [2.24, 2.45) is 0 Å². The second-order valence-corrected chi connectivity index (χ2v) is 5.16. The van der Waals surface area contributed by atoms with Crippen molar-refractivity contribution in [1.82, 2.24) is 15.5 Å². The molecule has 0 unspecified atom stereocenters. The quantitative estimate of drug-likeness (QED) is 0.750. The fourth-order valence-corrected chi connectivity index (χ4v) is 2.35. The molecule has 1 aromatic rings. The van der Waals surface area contributed by atoms with Gasteiger partial charge in [-0.05, 0) is 18.9 Å². The average Bonchev–Trinajstić information content (AvgIpc) is 2.48. The van der Waals surface area contributed by atoms with Crippen molar-refractivity contribution in [1.29, 1.82) is 0 Å². The van der Waals surface area contributed by atoms with Crippen LogP contribution >= 0.6 is 0 Å². The van der Waals surface area contributed by atoms with Gasteiger partial charge in [0.15, 0.2) is 0 Å². The highest BCUT2D eigenvalue weighted by Crippen LogP contribution is 2.09. The summed E-state index contributed by atoms with van der Waals surface area (Å²) in [5, 5.41) is 14.6. The number of rotatable bonds is 4. The number of benzene rings is 1. The molecule has 3 amide bonds. The molecule has 0 bridgehead atoms. The standard InChI is InChI=1S/C15H21N3O3/c1-11-2-4-12(5-3-11)10-17-15(21)18-8-7-16-14(20)13(18)6-9-19/h2-5,13,19H,6-10H2,1H3,(H,16,20)(H,17,21)/t13-/m0/s1. The number of nitrogens with zero attached hydrogens (tertiary/aromatic N) is 1. The van der Waals surface area contributed by atoms with Gasteiger partial charge in [-0.1, -0.05) is 29.8 Å². The lowest BCUT2D eigenvalue weighted by molar-refractivity contribution is -0.128. The van der Waals surface area contributed by atoms with Crippen LogP contribution in [0.2, 0.25) is 0 Å². The molecule has 0 saturated carbocycles. The summed E-state index contributed by atoms with van der Waals surface area (Å²) in [6, 6.07) is 7.04. The number of hydrogen-bond acceptors (Lipinski definition) is 3. The van der Waals surface area contributed by atoms with E-state index < -0.39 is 6.04 Å². The zero-order valence-electron chi connectivity index (χ0n) is 12.1. The maximum atomic E-state index is 12.2. The molecule has 1 fully saturated rings. The van der Waals surface area contributed by atoms with E-state index in [1.807, 2.05) is 31.2 Å². The van der Waals surface area contributed by atoms with Crippen LogP contribution in [0.4, 0.5) is 4.79 Å². The van der Waals surface area contributed by atoms with Crippen molar-refractivity contribution in [3.63, 3.8) is 0 Å². The zero-order chi connectivity index (χ0) is 15.2. The van der Waals surface area contributed by atoms with E-state index in [0.717, 1.165) is 5.56 Å². The van der Waals surface area contributed by atoms with Gasteiger partial charge < -0.3 is 20.6 Å². The summed E-state index contributed by atoms with van der Waals surface area (Å²) < 4.78 is 0. The molecule has 6 heteroatoms. The van der Waals surface area contributed by atoms with Gasteiger partial charge in [-0.2, -0.15) is 0 Å². The minimum atomic E-state index is -0.596. The smallest absolute Gasteiger partial charge is 0.318 e. The van der Waals surface area contributed by atoms with Crippen LogP contribution in [0, 0.1) is 6.92 Å². The summed E-state index contributed by atoms with van der Waals surface area (Å²) in [4.78, 5) is 25.5. The molecule has 0 spiro atoms. The molecule has 0 radical (unpaired) electrons. The first-order chi connectivity index (χ1) is 10.1. The number of urea groups is 1. The third-order valence-electron chi connectivity index (χ3n) is 3.56. The van der Waals surface area contributed by atoms with Crippen LogP contribution in [-0.2, 0) is 11.3 Å². The van der Waals surface area contributed by atoms with Crippen LogP contribution in [0.25, 0.3) is 0 Å². The summed E-state index contributed by atoms with van der Waals surface area (Å²) in [5.74, 6) is -0.208. The van der Waals surface area contributed by atoms with E-state index in [9.17, 15) is 9.59 Å². The van der Waals surface area contributed by atoms with Crippen molar-refractivity contribution in [3.05, 3.63) is 35.4 Å². The van der Waals surface area contributed by atoms with Crippen LogP contribution in [0.5, 0.6) is 0 Å². The van der Waals surface area contributed by atoms with Crippen LogP contribution < -0.4 is 10.6 Å². The van der Waals surface area contributed by atoms with Crippen LogP contribution in [-0.4, -0.2) is 47.7 Å². The topological polar surface area (TPSA) is 81.7 Å². The van der Waals surface area contributed by atoms with Gasteiger partial charge >= 0.3 is 6.03 Å². The van der Waals surface area contributed by atoms with Gasteiger partial charge in [0.25, 0.3) is 0 Å². The molecule has 1 aromatic carbocycles. The van der Waals surface area contributed by atoms with Crippen LogP contribution in [0.3, 0.4) is 0 Å². The van der Waals surface area contributed by atoms with Crippen molar-refractivity contribution in [2.45, 2.75) is 25.9 Å². The zero-order valence-corrected chi connectivity index (χ0v) is 12.1. The van der Waals surface area contributed by atoms with Gasteiger partial charge in [0.1, 0.15) is 6.04 Å². The van der Waals surface area contributed by atoms with E-state index in [0.29, 0.717) is 19.6 Å². The molecular weight excluding hydrogens is 270 g/mol. The highest BCUT2D eigenvalue weighted by molar-refractivity contribution is 5.88. The van der Waals surface area contributed by atoms with Gasteiger partial charge in [-0.25, -0.2) is 4.79 Å². The average molecular weight is 291 g/mol. The molecule has 3 N–H and O–H groups in total. The maximum absolute atomic E-state index is 12.2. The molecule has 114 valence electrons. The summed E-state index contributed by atoms with van der Waals surface area (Å²) in [5.41, 5.74) is 2.18. The molecule has 1 atom stereocenters. The Morgan fingerprint density at radius 3 is 2.81 bits per heavy atom. The molecule has 0 aliphatic carbocycles. The van der Waals surface area contributed by atoms with Gasteiger partial charge in [0.05, 0.1) is 0 Å². The summed E-state index contributed by atoms with van der Waals surface area (Å²) in [6.07, 6.45) is 0.254.